The molecule has 1 aromatic heterocycles. The van der Waals surface area contributed by atoms with E-state index >= 15 is 0 Å². The van der Waals surface area contributed by atoms with E-state index in [1.165, 1.54) is 0 Å². The average molecular weight is 291 g/mol. The first-order valence-electron chi connectivity index (χ1n) is 6.88. The lowest BCUT2D eigenvalue weighted by molar-refractivity contribution is -0.132. The van der Waals surface area contributed by atoms with Crippen LogP contribution >= 0.6 is 11.3 Å². The molecule has 2 aromatic rings. The van der Waals surface area contributed by atoms with E-state index in [4.69, 9.17) is 5.73 Å². The highest BCUT2D eigenvalue weighted by molar-refractivity contribution is 7.18. The van der Waals surface area contributed by atoms with Gasteiger partial charge in [-0.3, -0.25) is 4.79 Å². The third-order valence-electron chi connectivity index (χ3n) is 3.63. The first-order chi connectivity index (χ1) is 9.52. The Kier molecular flexibility index (Phi) is 4.73. The number of likely N-dealkylation sites (N-methyl/N-ethyl adjacent to an activating group) is 1. The zero-order valence-electron chi connectivity index (χ0n) is 12.2. The summed E-state index contributed by atoms with van der Waals surface area (Å²) in [6.45, 7) is 4.57. The summed E-state index contributed by atoms with van der Waals surface area (Å²) in [6, 6.07) is 7.57. The highest BCUT2D eigenvalue weighted by atomic mass is 32.1. The molecule has 2 N–H and O–H groups in total. The van der Waals surface area contributed by atoms with E-state index in [-0.39, 0.29) is 11.8 Å². The van der Waals surface area contributed by atoms with E-state index < -0.39 is 6.04 Å². The van der Waals surface area contributed by atoms with Crippen molar-refractivity contribution in [2.75, 3.05) is 7.05 Å². The molecule has 20 heavy (non-hydrogen) atoms. The van der Waals surface area contributed by atoms with Crippen molar-refractivity contribution in [3.63, 3.8) is 0 Å². The molecule has 108 valence electrons. The van der Waals surface area contributed by atoms with Crippen LogP contribution < -0.4 is 5.73 Å². The molecule has 1 aromatic carbocycles. The highest BCUT2D eigenvalue weighted by Gasteiger charge is 2.23. The predicted octanol–water partition coefficient (Wildman–Crippen LogP) is 2.63. The maximum absolute atomic E-state index is 12.2. The Morgan fingerprint density at radius 3 is 2.80 bits per heavy atom. The minimum atomic E-state index is -0.431. The lowest BCUT2D eigenvalue weighted by Gasteiger charge is -2.23. The third-order valence-corrected chi connectivity index (χ3v) is 4.65. The molecular weight excluding hydrogens is 270 g/mol. The van der Waals surface area contributed by atoms with Gasteiger partial charge in [-0.1, -0.05) is 32.4 Å². The fourth-order valence-corrected chi connectivity index (χ4v) is 3.04. The van der Waals surface area contributed by atoms with Crippen LogP contribution in [0.25, 0.3) is 10.2 Å². The van der Waals surface area contributed by atoms with E-state index in [9.17, 15) is 4.79 Å². The van der Waals surface area contributed by atoms with Crippen molar-refractivity contribution < 1.29 is 4.79 Å². The quantitative estimate of drug-likeness (QED) is 0.921. The summed E-state index contributed by atoms with van der Waals surface area (Å²) >= 11 is 1.62. The Bertz CT molecular complexity index is 563. The number of carbonyl (C=O) groups is 1. The van der Waals surface area contributed by atoms with Crippen LogP contribution in [0.1, 0.15) is 25.3 Å². The molecule has 0 aliphatic carbocycles. The fourth-order valence-electron chi connectivity index (χ4n) is 2.02. The molecule has 0 spiro atoms. The molecule has 1 amide bonds. The number of nitrogens with two attached hydrogens (primary N) is 1. The van der Waals surface area contributed by atoms with E-state index in [1.807, 2.05) is 38.1 Å². The maximum atomic E-state index is 12.2. The van der Waals surface area contributed by atoms with Gasteiger partial charge in [-0.15, -0.1) is 11.3 Å². The van der Waals surface area contributed by atoms with E-state index in [0.717, 1.165) is 21.6 Å². The number of amides is 1. The Hall–Kier alpha value is -1.46. The largest absolute Gasteiger partial charge is 0.338 e. The molecule has 0 saturated heterocycles. The van der Waals surface area contributed by atoms with Crippen LogP contribution in [0.4, 0.5) is 0 Å². The van der Waals surface area contributed by atoms with Crippen molar-refractivity contribution in [1.29, 1.82) is 0 Å². The van der Waals surface area contributed by atoms with Gasteiger partial charge in [0.1, 0.15) is 5.01 Å². The molecule has 1 heterocycles. The molecule has 0 saturated carbocycles. The van der Waals surface area contributed by atoms with Gasteiger partial charge >= 0.3 is 0 Å². The molecule has 1 unspecified atom stereocenters. The molecule has 5 heteroatoms. The summed E-state index contributed by atoms with van der Waals surface area (Å²) in [5.41, 5.74) is 6.98. The van der Waals surface area contributed by atoms with Crippen LogP contribution in [-0.4, -0.2) is 28.9 Å². The Labute approximate surface area is 123 Å². The number of para-hydroxylation sites is 1. The summed E-state index contributed by atoms with van der Waals surface area (Å²) in [6.07, 6.45) is 0.905. The van der Waals surface area contributed by atoms with Gasteiger partial charge in [0.25, 0.3) is 0 Å². The standard InChI is InChI=1S/C15H21N3OS/c1-4-10(2)14(16)15(19)18(3)9-13-17-11-7-5-6-8-12(11)20-13/h5-8,10,14H,4,9,16H2,1-3H3/t10?,14-/m0/s1. The topological polar surface area (TPSA) is 59.2 Å². The number of carbonyl (C=O) groups excluding carboxylic acids is 1. The predicted molar refractivity (Wildman–Crippen MR) is 83.5 cm³/mol. The zero-order valence-corrected chi connectivity index (χ0v) is 13.0. The smallest absolute Gasteiger partial charge is 0.239 e. The van der Waals surface area contributed by atoms with Crippen LogP contribution in [0, 0.1) is 5.92 Å². The van der Waals surface area contributed by atoms with Gasteiger partial charge in [-0.05, 0) is 18.1 Å². The number of aromatic nitrogens is 1. The lowest BCUT2D eigenvalue weighted by atomic mass is 9.99. The van der Waals surface area contributed by atoms with Gasteiger partial charge in [0.2, 0.25) is 5.91 Å². The highest BCUT2D eigenvalue weighted by Crippen LogP contribution is 2.22. The van der Waals surface area contributed by atoms with Crippen LogP contribution in [0.5, 0.6) is 0 Å². The van der Waals surface area contributed by atoms with Crippen LogP contribution in [-0.2, 0) is 11.3 Å². The third kappa shape index (κ3) is 3.16. The zero-order chi connectivity index (χ0) is 14.7. The summed E-state index contributed by atoms with van der Waals surface area (Å²) in [5.74, 6) is 0.180. The molecule has 0 aliphatic heterocycles. The molecule has 2 rings (SSSR count). The Morgan fingerprint density at radius 2 is 2.15 bits per heavy atom. The monoisotopic (exact) mass is 291 g/mol. The number of rotatable bonds is 5. The van der Waals surface area contributed by atoms with Gasteiger partial charge in [-0.2, -0.15) is 0 Å². The number of hydrogen-bond donors (Lipinski definition) is 1. The van der Waals surface area contributed by atoms with E-state index in [0.29, 0.717) is 6.54 Å². The number of thiazole rings is 1. The molecule has 2 atom stereocenters. The van der Waals surface area contributed by atoms with Crippen LogP contribution in [0.2, 0.25) is 0 Å². The average Bonchev–Trinajstić information content (AvgIpc) is 2.86. The summed E-state index contributed by atoms with van der Waals surface area (Å²) in [5, 5.41) is 0.943. The number of hydrogen-bond acceptors (Lipinski definition) is 4. The van der Waals surface area contributed by atoms with Gasteiger partial charge in [-0.25, -0.2) is 4.98 Å². The van der Waals surface area contributed by atoms with Crippen molar-refractivity contribution >= 4 is 27.5 Å². The van der Waals surface area contributed by atoms with Gasteiger partial charge in [0, 0.05) is 7.05 Å². The number of fused-ring (bicyclic) bond motifs is 1. The van der Waals surface area contributed by atoms with Crippen molar-refractivity contribution in [3.8, 4) is 0 Å². The fraction of sp³-hybridized carbons (Fsp3) is 0.467. The summed E-state index contributed by atoms with van der Waals surface area (Å²) in [7, 11) is 1.79. The number of nitrogens with zero attached hydrogens (tertiary/aromatic N) is 2. The second kappa shape index (κ2) is 6.33. The van der Waals surface area contributed by atoms with Crippen molar-refractivity contribution in [2.45, 2.75) is 32.9 Å². The molecular formula is C15H21N3OS. The molecule has 4 nitrogen and oxygen atoms in total. The maximum Gasteiger partial charge on any atom is 0.239 e. The first kappa shape index (κ1) is 14.9. The van der Waals surface area contributed by atoms with Gasteiger partial charge in [0.15, 0.2) is 0 Å². The van der Waals surface area contributed by atoms with Crippen LogP contribution in [0.3, 0.4) is 0 Å². The summed E-state index contributed by atoms with van der Waals surface area (Å²) in [4.78, 5) is 18.5. The molecule has 0 fully saturated rings. The minimum Gasteiger partial charge on any atom is -0.338 e. The number of benzene rings is 1. The first-order valence-corrected chi connectivity index (χ1v) is 7.69. The van der Waals surface area contributed by atoms with E-state index in [2.05, 4.69) is 4.98 Å². The van der Waals surface area contributed by atoms with Crippen molar-refractivity contribution in [1.82, 2.24) is 9.88 Å². The minimum absolute atomic E-state index is 0.0152. The van der Waals surface area contributed by atoms with Crippen LogP contribution in [0.15, 0.2) is 24.3 Å². The van der Waals surface area contributed by atoms with Gasteiger partial charge in [0.05, 0.1) is 22.8 Å². The Morgan fingerprint density at radius 1 is 1.45 bits per heavy atom. The van der Waals surface area contributed by atoms with Crippen molar-refractivity contribution in [3.05, 3.63) is 29.3 Å². The lowest BCUT2D eigenvalue weighted by Crippen LogP contribution is -2.45. The second-order valence-corrected chi connectivity index (χ2v) is 6.30. The SMILES string of the molecule is CCC(C)[C@H](N)C(=O)N(C)Cc1nc2ccccc2s1. The van der Waals surface area contributed by atoms with Crippen molar-refractivity contribution in [2.24, 2.45) is 11.7 Å². The second-order valence-electron chi connectivity index (χ2n) is 5.18. The normalized spacial score (nSPS) is 14.2. The van der Waals surface area contributed by atoms with Gasteiger partial charge < -0.3 is 10.6 Å². The summed E-state index contributed by atoms with van der Waals surface area (Å²) < 4.78 is 1.15. The van der Waals surface area contributed by atoms with E-state index in [1.54, 1.807) is 23.3 Å². The molecule has 0 bridgehead atoms. The molecule has 0 radical (unpaired) electrons. The Balaban J connectivity index is 2.07. The molecule has 0 aliphatic rings.